The van der Waals surface area contributed by atoms with Crippen LogP contribution < -0.4 is 5.73 Å². The van der Waals surface area contributed by atoms with E-state index in [1.54, 1.807) is 10.9 Å². The number of rotatable bonds is 3. The van der Waals surface area contributed by atoms with E-state index in [-0.39, 0.29) is 0 Å². The Morgan fingerprint density at radius 2 is 1.76 bits per heavy atom. The number of nitrogens with two attached hydrogens (primary N) is 1. The molecule has 0 aliphatic carbocycles. The molecule has 3 aromatic rings. The third kappa shape index (κ3) is 2.63. The molecule has 1 aromatic heterocycles. The number of anilines is 1. The number of hydrogen-bond acceptors (Lipinski definition) is 2. The number of hydrogen-bond donors (Lipinski definition) is 1. The zero-order chi connectivity index (χ0) is 14.8. The molecular weight excluding hydrogens is 272 g/mol. The molecule has 0 spiro atoms. The second-order valence-corrected chi connectivity index (χ2v) is 4.72. The molecule has 2 aromatic carbocycles. The Morgan fingerprint density at radius 1 is 1.00 bits per heavy atom. The van der Waals surface area contributed by atoms with Gasteiger partial charge in [-0.2, -0.15) is 0 Å². The van der Waals surface area contributed by atoms with Crippen molar-refractivity contribution in [2.45, 2.75) is 6.54 Å². The Labute approximate surface area is 120 Å². The van der Waals surface area contributed by atoms with Crippen molar-refractivity contribution < 1.29 is 8.78 Å². The van der Waals surface area contributed by atoms with E-state index in [4.69, 9.17) is 5.73 Å². The predicted molar refractivity (Wildman–Crippen MR) is 77.5 cm³/mol. The maximum absolute atomic E-state index is 13.3. The summed E-state index contributed by atoms with van der Waals surface area (Å²) < 4.78 is 28.0. The van der Waals surface area contributed by atoms with Crippen molar-refractivity contribution in [1.82, 2.24) is 9.55 Å². The third-order valence-electron chi connectivity index (χ3n) is 3.27. The average Bonchev–Trinajstić information content (AvgIpc) is 2.84. The van der Waals surface area contributed by atoms with Gasteiger partial charge in [-0.1, -0.05) is 30.3 Å². The molecule has 1 heterocycles. The molecule has 0 aliphatic rings. The Balaban J connectivity index is 1.93. The molecular formula is C16H13F2N3. The summed E-state index contributed by atoms with van der Waals surface area (Å²) in [6.07, 6.45) is 1.60. The molecule has 0 unspecified atom stereocenters. The number of aromatic nitrogens is 2. The van der Waals surface area contributed by atoms with Crippen LogP contribution in [-0.4, -0.2) is 9.55 Å². The van der Waals surface area contributed by atoms with Gasteiger partial charge in [0.25, 0.3) is 0 Å². The Bertz CT molecular complexity index is 766. The van der Waals surface area contributed by atoms with E-state index in [1.807, 2.05) is 30.3 Å². The molecule has 2 N–H and O–H groups in total. The van der Waals surface area contributed by atoms with Gasteiger partial charge in [0.05, 0.1) is 12.9 Å². The Kier molecular flexibility index (Phi) is 3.39. The standard InChI is InChI=1S/C16H13F2N3/c17-13-7-6-12(8-14(13)18)15-16(19)21(10-20-15)9-11-4-2-1-3-5-11/h1-8,10H,9,19H2. The van der Waals surface area contributed by atoms with Crippen LogP contribution in [0.5, 0.6) is 0 Å². The van der Waals surface area contributed by atoms with Gasteiger partial charge in [0.2, 0.25) is 0 Å². The van der Waals surface area contributed by atoms with Crippen molar-refractivity contribution in [3.05, 3.63) is 72.1 Å². The van der Waals surface area contributed by atoms with Gasteiger partial charge in [-0.05, 0) is 23.8 Å². The average molecular weight is 285 g/mol. The Hall–Kier alpha value is -2.69. The van der Waals surface area contributed by atoms with E-state index >= 15 is 0 Å². The molecule has 0 bridgehead atoms. The van der Waals surface area contributed by atoms with Crippen LogP contribution in [-0.2, 0) is 6.54 Å². The smallest absolute Gasteiger partial charge is 0.159 e. The van der Waals surface area contributed by atoms with Crippen molar-refractivity contribution in [2.75, 3.05) is 5.73 Å². The SMILES string of the molecule is Nc1c(-c2ccc(F)c(F)c2)ncn1Cc1ccccc1. The van der Waals surface area contributed by atoms with E-state index in [2.05, 4.69) is 4.98 Å². The summed E-state index contributed by atoms with van der Waals surface area (Å²) in [5.41, 5.74) is 8.04. The zero-order valence-corrected chi connectivity index (χ0v) is 11.1. The molecule has 106 valence electrons. The highest BCUT2D eigenvalue weighted by atomic mass is 19.2. The highest BCUT2D eigenvalue weighted by Crippen LogP contribution is 2.26. The first-order valence-electron chi connectivity index (χ1n) is 6.45. The quantitative estimate of drug-likeness (QED) is 0.801. The lowest BCUT2D eigenvalue weighted by Gasteiger charge is -2.06. The molecule has 0 saturated carbocycles. The molecule has 0 aliphatic heterocycles. The fourth-order valence-corrected chi connectivity index (χ4v) is 2.16. The first-order chi connectivity index (χ1) is 10.1. The molecule has 0 amide bonds. The van der Waals surface area contributed by atoms with Gasteiger partial charge in [-0.3, -0.25) is 0 Å². The van der Waals surface area contributed by atoms with Crippen molar-refractivity contribution in [1.29, 1.82) is 0 Å². The van der Waals surface area contributed by atoms with E-state index < -0.39 is 11.6 Å². The molecule has 0 fully saturated rings. The van der Waals surface area contributed by atoms with Crippen molar-refractivity contribution in [3.8, 4) is 11.3 Å². The minimum absolute atomic E-state index is 0.421. The lowest BCUT2D eigenvalue weighted by molar-refractivity contribution is 0.509. The van der Waals surface area contributed by atoms with Gasteiger partial charge in [0.1, 0.15) is 11.5 Å². The number of halogens is 2. The van der Waals surface area contributed by atoms with Crippen LogP contribution in [0.1, 0.15) is 5.56 Å². The first-order valence-corrected chi connectivity index (χ1v) is 6.45. The molecule has 3 rings (SSSR count). The summed E-state index contributed by atoms with van der Waals surface area (Å²) in [5.74, 6) is -1.38. The van der Waals surface area contributed by atoms with E-state index in [9.17, 15) is 8.78 Å². The normalized spacial score (nSPS) is 10.8. The minimum atomic E-state index is -0.912. The summed E-state index contributed by atoms with van der Waals surface area (Å²) in [6.45, 7) is 0.573. The van der Waals surface area contributed by atoms with Crippen LogP contribution in [0.4, 0.5) is 14.6 Å². The summed E-state index contributed by atoms with van der Waals surface area (Å²) >= 11 is 0. The highest BCUT2D eigenvalue weighted by Gasteiger charge is 2.12. The van der Waals surface area contributed by atoms with Crippen molar-refractivity contribution in [2.24, 2.45) is 0 Å². The van der Waals surface area contributed by atoms with Gasteiger partial charge < -0.3 is 10.3 Å². The summed E-state index contributed by atoms with van der Waals surface area (Å²) in [5, 5.41) is 0. The van der Waals surface area contributed by atoms with Gasteiger partial charge >= 0.3 is 0 Å². The lowest BCUT2D eigenvalue weighted by Crippen LogP contribution is -2.03. The van der Waals surface area contributed by atoms with Crippen molar-refractivity contribution in [3.63, 3.8) is 0 Å². The molecule has 0 atom stereocenters. The maximum atomic E-state index is 13.3. The van der Waals surface area contributed by atoms with Crippen LogP contribution in [0.25, 0.3) is 11.3 Å². The highest BCUT2D eigenvalue weighted by molar-refractivity contribution is 5.70. The van der Waals surface area contributed by atoms with E-state index in [0.717, 1.165) is 17.7 Å². The molecule has 0 radical (unpaired) electrons. The fourth-order valence-electron chi connectivity index (χ4n) is 2.16. The monoisotopic (exact) mass is 285 g/mol. The zero-order valence-electron chi connectivity index (χ0n) is 11.1. The molecule has 0 saturated heterocycles. The van der Waals surface area contributed by atoms with Gasteiger partial charge in [-0.15, -0.1) is 0 Å². The first kappa shape index (κ1) is 13.3. The number of benzene rings is 2. The van der Waals surface area contributed by atoms with Crippen molar-refractivity contribution >= 4 is 5.82 Å². The largest absolute Gasteiger partial charge is 0.383 e. The van der Waals surface area contributed by atoms with Crippen LogP contribution in [0, 0.1) is 11.6 Å². The molecule has 5 heteroatoms. The summed E-state index contributed by atoms with van der Waals surface area (Å²) in [7, 11) is 0. The number of nitrogen functional groups attached to an aromatic ring is 1. The minimum Gasteiger partial charge on any atom is -0.383 e. The van der Waals surface area contributed by atoms with Crippen LogP contribution >= 0.6 is 0 Å². The second kappa shape index (κ2) is 5.36. The van der Waals surface area contributed by atoms with E-state index in [0.29, 0.717) is 23.6 Å². The predicted octanol–water partition coefficient (Wildman–Crippen LogP) is 3.46. The Morgan fingerprint density at radius 3 is 2.48 bits per heavy atom. The molecule has 21 heavy (non-hydrogen) atoms. The van der Waals surface area contributed by atoms with Gasteiger partial charge in [0, 0.05) is 5.56 Å². The van der Waals surface area contributed by atoms with Crippen LogP contribution in [0.15, 0.2) is 54.9 Å². The summed E-state index contributed by atoms with van der Waals surface area (Å²) in [6, 6.07) is 13.4. The number of imidazole rings is 1. The van der Waals surface area contributed by atoms with E-state index in [1.165, 1.54) is 6.07 Å². The topological polar surface area (TPSA) is 43.8 Å². The lowest BCUT2D eigenvalue weighted by atomic mass is 10.1. The van der Waals surface area contributed by atoms with Gasteiger partial charge in [-0.25, -0.2) is 13.8 Å². The summed E-state index contributed by atoms with van der Waals surface area (Å²) in [4.78, 5) is 4.20. The number of nitrogens with zero attached hydrogens (tertiary/aromatic N) is 2. The molecule has 3 nitrogen and oxygen atoms in total. The third-order valence-corrected chi connectivity index (χ3v) is 3.27. The maximum Gasteiger partial charge on any atom is 0.159 e. The fraction of sp³-hybridized carbons (Fsp3) is 0.0625. The second-order valence-electron chi connectivity index (χ2n) is 4.72. The van der Waals surface area contributed by atoms with Crippen LogP contribution in [0.2, 0.25) is 0 Å². The van der Waals surface area contributed by atoms with Gasteiger partial charge in [0.15, 0.2) is 11.6 Å². The van der Waals surface area contributed by atoms with Crippen LogP contribution in [0.3, 0.4) is 0 Å².